The van der Waals surface area contributed by atoms with Crippen LogP contribution in [-0.4, -0.2) is 55.6 Å². The zero-order chi connectivity index (χ0) is 18.4. The van der Waals surface area contributed by atoms with Crippen molar-refractivity contribution < 1.29 is 4.39 Å². The molecule has 3 atom stereocenters. The fourth-order valence-corrected chi connectivity index (χ4v) is 6.82. The standard InChI is InChI=1S/C23H34FN3/c1-26-14-18-15-27(16-21(18)22(26)17-3-2-4-19(24)13-17)20-5-7-23(8-6-20)9-11-25-12-10-23/h2-4,13,18,20-22,25H,5-12,14-16H2,1H3/t18-,21+,22-/m0/s1. The molecule has 3 aliphatic heterocycles. The molecule has 27 heavy (non-hydrogen) atoms. The number of rotatable bonds is 2. The summed E-state index contributed by atoms with van der Waals surface area (Å²) in [4.78, 5) is 5.27. The van der Waals surface area contributed by atoms with E-state index in [2.05, 4.69) is 28.2 Å². The molecule has 3 heterocycles. The fraction of sp³-hybridized carbons (Fsp3) is 0.739. The quantitative estimate of drug-likeness (QED) is 0.856. The van der Waals surface area contributed by atoms with E-state index < -0.39 is 0 Å². The van der Waals surface area contributed by atoms with E-state index in [-0.39, 0.29) is 5.82 Å². The van der Waals surface area contributed by atoms with Gasteiger partial charge in [-0.15, -0.1) is 0 Å². The van der Waals surface area contributed by atoms with Crippen LogP contribution in [0.2, 0.25) is 0 Å². The van der Waals surface area contributed by atoms with Crippen molar-refractivity contribution in [3.05, 3.63) is 35.6 Å². The van der Waals surface area contributed by atoms with E-state index in [1.54, 1.807) is 12.1 Å². The van der Waals surface area contributed by atoms with Crippen LogP contribution in [-0.2, 0) is 0 Å². The van der Waals surface area contributed by atoms with Crippen molar-refractivity contribution in [2.24, 2.45) is 17.3 Å². The number of hydrogen-bond acceptors (Lipinski definition) is 3. The first-order valence-electron chi connectivity index (χ1n) is 11.0. The van der Waals surface area contributed by atoms with Crippen LogP contribution in [0.3, 0.4) is 0 Å². The van der Waals surface area contributed by atoms with E-state index in [4.69, 9.17) is 0 Å². The average Bonchev–Trinajstić information content (AvgIpc) is 3.19. The fourth-order valence-electron chi connectivity index (χ4n) is 6.82. The monoisotopic (exact) mass is 371 g/mol. The molecule has 0 bridgehead atoms. The Morgan fingerprint density at radius 3 is 2.56 bits per heavy atom. The second kappa shape index (κ2) is 7.13. The van der Waals surface area contributed by atoms with Gasteiger partial charge in [-0.1, -0.05) is 12.1 Å². The highest BCUT2D eigenvalue weighted by atomic mass is 19.1. The second-order valence-electron chi connectivity index (χ2n) is 9.80. The summed E-state index contributed by atoms with van der Waals surface area (Å²) < 4.78 is 13.8. The number of fused-ring (bicyclic) bond motifs is 1. The second-order valence-corrected chi connectivity index (χ2v) is 9.80. The molecule has 1 aromatic rings. The largest absolute Gasteiger partial charge is 0.317 e. The molecule has 4 heteroatoms. The highest BCUT2D eigenvalue weighted by Gasteiger charge is 2.48. The number of nitrogens with one attached hydrogen (secondary N) is 1. The van der Waals surface area contributed by atoms with Gasteiger partial charge in [0.25, 0.3) is 0 Å². The van der Waals surface area contributed by atoms with Crippen molar-refractivity contribution in [2.75, 3.05) is 39.8 Å². The lowest BCUT2D eigenvalue weighted by Crippen LogP contribution is -2.44. The summed E-state index contributed by atoms with van der Waals surface area (Å²) in [6.07, 6.45) is 8.41. The van der Waals surface area contributed by atoms with Gasteiger partial charge in [-0.3, -0.25) is 9.80 Å². The van der Waals surface area contributed by atoms with Crippen LogP contribution < -0.4 is 5.32 Å². The predicted molar refractivity (Wildman–Crippen MR) is 107 cm³/mol. The Morgan fingerprint density at radius 1 is 1.04 bits per heavy atom. The van der Waals surface area contributed by atoms with Crippen molar-refractivity contribution >= 4 is 0 Å². The Hall–Kier alpha value is -0.970. The number of halogens is 1. The Labute approximate surface area is 163 Å². The molecule has 4 aliphatic rings. The maximum absolute atomic E-state index is 13.8. The van der Waals surface area contributed by atoms with E-state index in [1.807, 2.05) is 6.07 Å². The summed E-state index contributed by atoms with van der Waals surface area (Å²) in [5, 5.41) is 3.54. The molecular weight excluding hydrogens is 337 g/mol. The number of piperidine rings is 1. The predicted octanol–water partition coefficient (Wildman–Crippen LogP) is 3.67. The van der Waals surface area contributed by atoms with Gasteiger partial charge in [0.1, 0.15) is 5.82 Å². The highest BCUT2D eigenvalue weighted by Crippen LogP contribution is 2.48. The van der Waals surface area contributed by atoms with Crippen LogP contribution in [0.15, 0.2) is 24.3 Å². The van der Waals surface area contributed by atoms with E-state index in [1.165, 1.54) is 70.3 Å². The minimum atomic E-state index is -0.0984. The molecule has 0 radical (unpaired) electrons. The first-order chi connectivity index (χ1) is 13.1. The van der Waals surface area contributed by atoms with Crippen LogP contribution in [0, 0.1) is 23.1 Å². The number of hydrogen-bond donors (Lipinski definition) is 1. The maximum Gasteiger partial charge on any atom is 0.123 e. The smallest absolute Gasteiger partial charge is 0.123 e. The summed E-state index contributed by atoms with van der Waals surface area (Å²) in [6.45, 7) is 6.06. The molecule has 1 N–H and O–H groups in total. The normalized spacial score (nSPS) is 35.0. The third-order valence-electron chi connectivity index (χ3n) is 8.31. The molecular formula is C23H34FN3. The first kappa shape index (κ1) is 18.1. The van der Waals surface area contributed by atoms with Crippen molar-refractivity contribution in [3.63, 3.8) is 0 Å². The molecule has 4 fully saturated rings. The van der Waals surface area contributed by atoms with Crippen LogP contribution >= 0.6 is 0 Å². The van der Waals surface area contributed by atoms with Gasteiger partial charge in [0, 0.05) is 31.7 Å². The lowest BCUT2D eigenvalue weighted by atomic mass is 9.67. The molecule has 1 aromatic carbocycles. The topological polar surface area (TPSA) is 18.5 Å². The van der Waals surface area contributed by atoms with E-state index in [0.29, 0.717) is 17.4 Å². The Bertz CT molecular complexity index is 661. The number of benzene rings is 1. The van der Waals surface area contributed by atoms with Gasteiger partial charge >= 0.3 is 0 Å². The number of nitrogens with zero attached hydrogens (tertiary/aromatic N) is 2. The van der Waals surface area contributed by atoms with E-state index in [0.717, 1.165) is 18.5 Å². The molecule has 0 aromatic heterocycles. The third kappa shape index (κ3) is 3.34. The van der Waals surface area contributed by atoms with Crippen LogP contribution in [0.4, 0.5) is 4.39 Å². The lowest BCUT2D eigenvalue weighted by Gasteiger charge is -2.45. The van der Waals surface area contributed by atoms with Crippen molar-refractivity contribution in [1.82, 2.24) is 15.1 Å². The zero-order valence-electron chi connectivity index (χ0n) is 16.7. The lowest BCUT2D eigenvalue weighted by molar-refractivity contribution is 0.0690. The van der Waals surface area contributed by atoms with Gasteiger partial charge in [0.2, 0.25) is 0 Å². The summed E-state index contributed by atoms with van der Waals surface area (Å²) in [5.41, 5.74) is 1.82. The van der Waals surface area contributed by atoms with E-state index >= 15 is 0 Å². The molecule has 5 rings (SSSR count). The van der Waals surface area contributed by atoms with Gasteiger partial charge in [-0.25, -0.2) is 4.39 Å². The molecule has 1 spiro atoms. The van der Waals surface area contributed by atoms with Crippen LogP contribution in [0.25, 0.3) is 0 Å². The van der Waals surface area contributed by atoms with Crippen molar-refractivity contribution in [2.45, 2.75) is 50.6 Å². The third-order valence-corrected chi connectivity index (χ3v) is 8.31. The summed E-state index contributed by atoms with van der Waals surface area (Å²) >= 11 is 0. The zero-order valence-corrected chi connectivity index (χ0v) is 16.7. The molecule has 1 saturated carbocycles. The molecule has 3 nitrogen and oxygen atoms in total. The van der Waals surface area contributed by atoms with E-state index in [9.17, 15) is 4.39 Å². The summed E-state index contributed by atoms with van der Waals surface area (Å²) in [5.74, 6) is 1.31. The summed E-state index contributed by atoms with van der Waals surface area (Å²) in [6, 6.07) is 8.49. The Kier molecular flexibility index (Phi) is 4.77. The molecule has 148 valence electrons. The Balaban J connectivity index is 1.25. The molecule has 1 aliphatic carbocycles. The van der Waals surface area contributed by atoms with Crippen LogP contribution in [0.5, 0.6) is 0 Å². The molecule has 0 amide bonds. The van der Waals surface area contributed by atoms with Gasteiger partial charge < -0.3 is 5.32 Å². The van der Waals surface area contributed by atoms with Crippen molar-refractivity contribution in [1.29, 1.82) is 0 Å². The summed E-state index contributed by atoms with van der Waals surface area (Å²) in [7, 11) is 2.22. The maximum atomic E-state index is 13.8. The Morgan fingerprint density at radius 2 is 1.81 bits per heavy atom. The minimum absolute atomic E-state index is 0.0984. The highest BCUT2D eigenvalue weighted by molar-refractivity contribution is 5.23. The van der Waals surface area contributed by atoms with Gasteiger partial charge in [0.15, 0.2) is 0 Å². The van der Waals surface area contributed by atoms with Crippen LogP contribution in [0.1, 0.15) is 50.1 Å². The SMILES string of the molecule is CN1C[C@H]2CN(C3CCC4(CCNCC4)CC3)C[C@H]2[C@@H]1c1cccc(F)c1. The van der Waals surface area contributed by atoms with Gasteiger partial charge in [-0.05, 0) is 93.6 Å². The molecule has 3 saturated heterocycles. The molecule has 0 unspecified atom stereocenters. The van der Waals surface area contributed by atoms with Gasteiger partial charge in [0.05, 0.1) is 0 Å². The average molecular weight is 372 g/mol. The van der Waals surface area contributed by atoms with Gasteiger partial charge in [-0.2, -0.15) is 0 Å². The number of likely N-dealkylation sites (tertiary alicyclic amines) is 2. The first-order valence-corrected chi connectivity index (χ1v) is 11.0. The minimum Gasteiger partial charge on any atom is -0.317 e. The van der Waals surface area contributed by atoms with Crippen molar-refractivity contribution in [3.8, 4) is 0 Å².